The van der Waals surface area contributed by atoms with E-state index in [0.29, 0.717) is 0 Å². The Bertz CT molecular complexity index is 59.8. The first kappa shape index (κ1) is 5.14. The molecular weight excluding hydrogens is 82.0 g/mol. The minimum Gasteiger partial charge on any atom is -0.332 e. The highest BCUT2D eigenvalue weighted by molar-refractivity contribution is 4.63. The Morgan fingerprint density at radius 3 is 2.67 bits per heavy atom. The number of rotatable bonds is 2. The van der Waals surface area contributed by atoms with E-state index in [9.17, 15) is 0 Å². The van der Waals surface area contributed by atoms with Crippen LogP contribution in [0.5, 0.6) is 0 Å². The molecule has 0 N–H and O–H groups in total. The number of hydrogen-bond donors (Lipinski definition) is 0. The molecule has 0 aromatic rings. The van der Waals surface area contributed by atoms with Crippen molar-refractivity contribution in [1.29, 1.82) is 0 Å². The third kappa shape index (κ3) is 3.14. The first-order chi connectivity index (χ1) is 2.91. The topological polar surface area (TPSA) is 38.7 Å². The summed E-state index contributed by atoms with van der Waals surface area (Å²) >= 11 is 0. The van der Waals surface area contributed by atoms with Gasteiger partial charge >= 0.3 is 0 Å². The quantitative estimate of drug-likeness (QED) is 0.288. The van der Waals surface area contributed by atoms with Crippen molar-refractivity contribution < 1.29 is 4.84 Å². The van der Waals surface area contributed by atoms with Gasteiger partial charge in [0.15, 0.2) is 5.34 Å². The Kier molecular flexibility index (Phi) is 3.55. The molecule has 0 spiro atoms. The molecule has 0 aliphatic carbocycles. The standard InChI is InChI=1S/C3H5NO2/c1-2-3-6-4-5/h2-3H,1H3. The van der Waals surface area contributed by atoms with Gasteiger partial charge in [0.05, 0.1) is 0 Å². The van der Waals surface area contributed by atoms with Crippen molar-refractivity contribution in [2.24, 2.45) is 5.34 Å². The molecule has 0 heterocycles. The first-order valence-electron chi connectivity index (χ1n) is 1.51. The van der Waals surface area contributed by atoms with Gasteiger partial charge in [-0.05, 0) is 13.0 Å². The Balaban J connectivity index is 2.85. The smallest absolute Gasteiger partial charge is 0.160 e. The number of hydrogen-bond acceptors (Lipinski definition) is 3. The lowest BCUT2D eigenvalue weighted by molar-refractivity contribution is 0.262. The maximum absolute atomic E-state index is 9.04. The molecule has 3 heteroatoms. The number of allylic oxidation sites excluding steroid dienone is 1. The molecule has 0 fully saturated rings. The predicted octanol–water partition coefficient (Wildman–Crippen LogP) is 1.22. The lowest BCUT2D eigenvalue weighted by Gasteiger charge is -1.71. The molecule has 0 atom stereocenters. The van der Waals surface area contributed by atoms with E-state index in [-0.39, 0.29) is 0 Å². The Labute approximate surface area is 35.5 Å². The highest BCUT2D eigenvalue weighted by Gasteiger charge is 1.59. The van der Waals surface area contributed by atoms with Gasteiger partial charge in [0.25, 0.3) is 0 Å². The van der Waals surface area contributed by atoms with Gasteiger partial charge in [0, 0.05) is 0 Å². The average molecular weight is 87.1 g/mol. The molecule has 0 aliphatic rings. The molecule has 3 nitrogen and oxygen atoms in total. The molecule has 0 bridgehead atoms. The van der Waals surface area contributed by atoms with Crippen LogP contribution < -0.4 is 0 Å². The van der Waals surface area contributed by atoms with Gasteiger partial charge in [-0.2, -0.15) is 0 Å². The van der Waals surface area contributed by atoms with E-state index in [0.717, 1.165) is 0 Å². The average Bonchev–Trinajstić information content (AvgIpc) is 1.61. The fraction of sp³-hybridized carbons (Fsp3) is 0.333. The maximum atomic E-state index is 9.04. The SMILES string of the molecule is CC=CON=O. The minimum absolute atomic E-state index is 1.20. The van der Waals surface area contributed by atoms with E-state index in [2.05, 4.69) is 10.2 Å². The van der Waals surface area contributed by atoms with Crippen LogP contribution in [-0.4, -0.2) is 0 Å². The highest BCUT2D eigenvalue weighted by Crippen LogP contribution is 1.72. The van der Waals surface area contributed by atoms with Crippen LogP contribution in [0.3, 0.4) is 0 Å². The van der Waals surface area contributed by atoms with Gasteiger partial charge < -0.3 is 4.84 Å². The van der Waals surface area contributed by atoms with Crippen molar-refractivity contribution in [1.82, 2.24) is 0 Å². The molecular formula is C3H5NO2. The van der Waals surface area contributed by atoms with Crippen molar-refractivity contribution in [3.05, 3.63) is 17.2 Å². The van der Waals surface area contributed by atoms with Crippen molar-refractivity contribution >= 4 is 0 Å². The minimum atomic E-state index is 1.20. The van der Waals surface area contributed by atoms with Gasteiger partial charge in [-0.15, -0.1) is 4.91 Å². The van der Waals surface area contributed by atoms with Gasteiger partial charge in [0.1, 0.15) is 6.26 Å². The van der Waals surface area contributed by atoms with Crippen molar-refractivity contribution in [2.75, 3.05) is 0 Å². The monoisotopic (exact) mass is 87.0 g/mol. The summed E-state index contributed by atoms with van der Waals surface area (Å²) in [5, 5.41) is 2.09. The van der Waals surface area contributed by atoms with E-state index < -0.39 is 0 Å². The Morgan fingerprint density at radius 2 is 2.50 bits per heavy atom. The van der Waals surface area contributed by atoms with Crippen molar-refractivity contribution in [2.45, 2.75) is 6.92 Å². The second kappa shape index (κ2) is 4.14. The van der Waals surface area contributed by atoms with E-state index in [1.165, 1.54) is 6.26 Å². The molecule has 34 valence electrons. The fourth-order valence-electron chi connectivity index (χ4n) is 0.0857. The second-order valence-electron chi connectivity index (χ2n) is 0.649. The largest absolute Gasteiger partial charge is 0.332 e. The summed E-state index contributed by atoms with van der Waals surface area (Å²) in [4.78, 5) is 12.9. The van der Waals surface area contributed by atoms with Crippen LogP contribution in [-0.2, 0) is 4.84 Å². The van der Waals surface area contributed by atoms with Crippen molar-refractivity contribution in [3.8, 4) is 0 Å². The lowest BCUT2D eigenvalue weighted by Crippen LogP contribution is -1.56. The maximum Gasteiger partial charge on any atom is 0.160 e. The summed E-state index contributed by atoms with van der Waals surface area (Å²) in [5.74, 6) is 0. The Hall–Kier alpha value is -0.860. The van der Waals surface area contributed by atoms with E-state index in [1.54, 1.807) is 13.0 Å². The summed E-state index contributed by atoms with van der Waals surface area (Å²) in [6, 6.07) is 0. The highest BCUT2D eigenvalue weighted by atomic mass is 16.7. The normalized spacial score (nSPS) is 8.83. The van der Waals surface area contributed by atoms with E-state index in [4.69, 9.17) is 4.91 Å². The third-order valence-electron chi connectivity index (χ3n) is 0.240. The van der Waals surface area contributed by atoms with Crippen LogP contribution >= 0.6 is 0 Å². The van der Waals surface area contributed by atoms with Crippen LogP contribution in [0.25, 0.3) is 0 Å². The van der Waals surface area contributed by atoms with Gasteiger partial charge in [-0.25, -0.2) is 0 Å². The van der Waals surface area contributed by atoms with Gasteiger partial charge in [0.2, 0.25) is 0 Å². The van der Waals surface area contributed by atoms with E-state index >= 15 is 0 Å². The lowest BCUT2D eigenvalue weighted by atomic mass is 10.7. The third-order valence-corrected chi connectivity index (χ3v) is 0.240. The summed E-state index contributed by atoms with van der Waals surface area (Å²) in [7, 11) is 0. The van der Waals surface area contributed by atoms with Crippen LogP contribution in [0.1, 0.15) is 6.92 Å². The molecule has 6 heavy (non-hydrogen) atoms. The van der Waals surface area contributed by atoms with E-state index in [1.807, 2.05) is 0 Å². The van der Waals surface area contributed by atoms with Gasteiger partial charge in [-0.1, -0.05) is 0 Å². The molecule has 0 saturated carbocycles. The fourth-order valence-corrected chi connectivity index (χ4v) is 0.0857. The molecule has 0 rings (SSSR count). The zero-order valence-electron chi connectivity index (χ0n) is 3.42. The molecule has 0 amide bonds. The molecule has 0 aromatic carbocycles. The molecule has 0 aromatic heterocycles. The zero-order chi connectivity index (χ0) is 4.83. The van der Waals surface area contributed by atoms with Crippen LogP contribution in [0.4, 0.5) is 0 Å². The zero-order valence-corrected chi connectivity index (χ0v) is 3.42. The Morgan fingerprint density at radius 1 is 1.83 bits per heavy atom. The number of nitrogens with zero attached hydrogens (tertiary/aromatic N) is 1. The summed E-state index contributed by atoms with van der Waals surface area (Å²) in [6.07, 6.45) is 2.77. The van der Waals surface area contributed by atoms with Crippen LogP contribution in [0, 0.1) is 4.91 Å². The molecule has 0 saturated heterocycles. The van der Waals surface area contributed by atoms with Gasteiger partial charge in [-0.3, -0.25) is 0 Å². The summed E-state index contributed by atoms with van der Waals surface area (Å²) in [6.45, 7) is 1.73. The first-order valence-corrected chi connectivity index (χ1v) is 1.51. The van der Waals surface area contributed by atoms with Crippen LogP contribution in [0.15, 0.2) is 17.7 Å². The van der Waals surface area contributed by atoms with Crippen LogP contribution in [0.2, 0.25) is 0 Å². The summed E-state index contributed by atoms with van der Waals surface area (Å²) < 4.78 is 0. The molecule has 0 aliphatic heterocycles. The molecule has 0 radical (unpaired) electrons. The summed E-state index contributed by atoms with van der Waals surface area (Å²) in [5.41, 5.74) is 0. The molecule has 0 unspecified atom stereocenters. The van der Waals surface area contributed by atoms with Crippen molar-refractivity contribution in [3.63, 3.8) is 0 Å². The predicted molar refractivity (Wildman–Crippen MR) is 21.7 cm³/mol. The second-order valence-corrected chi connectivity index (χ2v) is 0.649.